The van der Waals surface area contributed by atoms with Crippen molar-refractivity contribution in [2.45, 2.75) is 45.4 Å². The first-order valence-electron chi connectivity index (χ1n) is 10.1. The maximum Gasteiger partial charge on any atom is 0.226 e. The molecule has 0 saturated carbocycles. The molecule has 5 nitrogen and oxygen atoms in total. The Bertz CT molecular complexity index is 665. The molecule has 0 N–H and O–H groups in total. The monoisotopic (exact) mass is 372 g/mol. The number of hydrogen-bond acceptors (Lipinski definition) is 3. The van der Waals surface area contributed by atoms with Gasteiger partial charge < -0.3 is 14.5 Å². The van der Waals surface area contributed by atoms with Crippen LogP contribution in [-0.4, -0.2) is 61.5 Å². The molecular weight excluding hydrogens is 340 g/mol. The highest BCUT2D eigenvalue weighted by Gasteiger charge is 2.41. The third-order valence-corrected chi connectivity index (χ3v) is 6.30. The van der Waals surface area contributed by atoms with Gasteiger partial charge in [-0.25, -0.2) is 0 Å². The summed E-state index contributed by atoms with van der Waals surface area (Å²) >= 11 is 0. The van der Waals surface area contributed by atoms with E-state index in [1.54, 1.807) is 7.11 Å². The number of likely N-dealkylation sites (tertiary alicyclic amines) is 2. The van der Waals surface area contributed by atoms with Gasteiger partial charge in [0, 0.05) is 46.3 Å². The highest BCUT2D eigenvalue weighted by Crippen LogP contribution is 2.40. The standard InChI is InChI=1S/C22H32N2O3/c1-18-6-3-4-7-19(18)16-21(26)23-13-10-22(11-14-23)9-8-20(25)24(17-22)12-5-15-27-2/h3-4,6-7H,5,8-17H2,1-2H3. The summed E-state index contributed by atoms with van der Waals surface area (Å²) in [7, 11) is 1.70. The van der Waals surface area contributed by atoms with Gasteiger partial charge in [-0.15, -0.1) is 0 Å². The number of carbonyl (C=O) groups excluding carboxylic acids is 2. The number of methoxy groups -OCH3 is 1. The largest absolute Gasteiger partial charge is 0.385 e. The van der Waals surface area contributed by atoms with Gasteiger partial charge in [-0.3, -0.25) is 9.59 Å². The third kappa shape index (κ3) is 4.89. The highest BCUT2D eigenvalue weighted by molar-refractivity contribution is 5.79. The topological polar surface area (TPSA) is 49.9 Å². The Morgan fingerprint density at radius 1 is 1.19 bits per heavy atom. The lowest BCUT2D eigenvalue weighted by Gasteiger charge is -2.47. The van der Waals surface area contributed by atoms with Crippen LogP contribution in [0.4, 0.5) is 0 Å². The molecule has 1 aromatic rings. The molecule has 0 atom stereocenters. The Labute approximate surface area is 162 Å². The molecule has 0 aliphatic carbocycles. The van der Waals surface area contributed by atoms with Gasteiger partial charge in [0.25, 0.3) is 0 Å². The van der Waals surface area contributed by atoms with Crippen LogP contribution in [0.15, 0.2) is 24.3 Å². The first kappa shape index (κ1) is 19.9. The number of rotatable bonds is 6. The lowest BCUT2D eigenvalue weighted by Crippen LogP contribution is -2.52. The van der Waals surface area contributed by atoms with E-state index in [4.69, 9.17) is 4.74 Å². The zero-order chi connectivity index (χ0) is 19.3. The molecule has 5 heteroatoms. The number of carbonyl (C=O) groups is 2. The van der Waals surface area contributed by atoms with Crippen LogP contribution < -0.4 is 0 Å². The van der Waals surface area contributed by atoms with E-state index in [0.717, 1.165) is 57.4 Å². The fraction of sp³-hybridized carbons (Fsp3) is 0.636. The van der Waals surface area contributed by atoms with Crippen molar-refractivity contribution in [1.82, 2.24) is 9.80 Å². The summed E-state index contributed by atoms with van der Waals surface area (Å²) in [5, 5.41) is 0. The Hall–Kier alpha value is -1.88. The van der Waals surface area contributed by atoms with Crippen molar-refractivity contribution in [2.24, 2.45) is 5.41 Å². The van der Waals surface area contributed by atoms with Crippen molar-refractivity contribution in [2.75, 3.05) is 39.9 Å². The van der Waals surface area contributed by atoms with Crippen molar-refractivity contribution >= 4 is 11.8 Å². The molecule has 2 amide bonds. The number of aryl methyl sites for hydroxylation is 1. The first-order chi connectivity index (χ1) is 13.0. The minimum Gasteiger partial charge on any atom is -0.385 e. The van der Waals surface area contributed by atoms with Crippen LogP contribution in [0.5, 0.6) is 0 Å². The van der Waals surface area contributed by atoms with Gasteiger partial charge in [-0.1, -0.05) is 24.3 Å². The van der Waals surface area contributed by atoms with E-state index in [1.807, 2.05) is 28.0 Å². The van der Waals surface area contributed by atoms with E-state index >= 15 is 0 Å². The molecule has 0 aromatic heterocycles. The molecule has 2 heterocycles. The van der Waals surface area contributed by atoms with Crippen molar-refractivity contribution < 1.29 is 14.3 Å². The Morgan fingerprint density at radius 2 is 1.93 bits per heavy atom. The molecule has 148 valence electrons. The molecule has 1 aromatic carbocycles. The van der Waals surface area contributed by atoms with Crippen LogP contribution in [0.1, 0.15) is 43.2 Å². The van der Waals surface area contributed by atoms with E-state index < -0.39 is 0 Å². The Morgan fingerprint density at radius 3 is 2.63 bits per heavy atom. The van der Waals surface area contributed by atoms with E-state index in [1.165, 1.54) is 5.56 Å². The van der Waals surface area contributed by atoms with Crippen molar-refractivity contribution in [1.29, 1.82) is 0 Å². The fourth-order valence-electron chi connectivity index (χ4n) is 4.43. The SMILES string of the molecule is COCCCN1CC2(CCC1=O)CCN(C(=O)Cc1ccccc1C)CC2. The van der Waals surface area contributed by atoms with Gasteiger partial charge in [-0.2, -0.15) is 0 Å². The quantitative estimate of drug-likeness (QED) is 0.722. The van der Waals surface area contributed by atoms with Crippen LogP contribution in [-0.2, 0) is 20.7 Å². The predicted octanol–water partition coefficient (Wildman–Crippen LogP) is 2.81. The van der Waals surface area contributed by atoms with Gasteiger partial charge in [0.15, 0.2) is 0 Å². The van der Waals surface area contributed by atoms with Gasteiger partial charge in [0.2, 0.25) is 11.8 Å². The van der Waals surface area contributed by atoms with Crippen LogP contribution in [0.25, 0.3) is 0 Å². The molecule has 2 aliphatic heterocycles. The zero-order valence-corrected chi connectivity index (χ0v) is 16.7. The van der Waals surface area contributed by atoms with Crippen molar-refractivity contribution in [3.63, 3.8) is 0 Å². The number of piperidine rings is 2. The molecule has 2 saturated heterocycles. The molecule has 0 radical (unpaired) electrons. The molecule has 3 rings (SSSR count). The van der Waals surface area contributed by atoms with Crippen LogP contribution in [0.2, 0.25) is 0 Å². The molecule has 2 fully saturated rings. The van der Waals surface area contributed by atoms with Crippen molar-refractivity contribution in [3.05, 3.63) is 35.4 Å². The second kappa shape index (κ2) is 8.87. The average Bonchev–Trinajstić information content (AvgIpc) is 2.67. The lowest BCUT2D eigenvalue weighted by molar-refractivity contribution is -0.142. The second-order valence-electron chi connectivity index (χ2n) is 8.15. The average molecular weight is 373 g/mol. The van der Waals surface area contributed by atoms with Crippen LogP contribution in [0.3, 0.4) is 0 Å². The number of amides is 2. The zero-order valence-electron chi connectivity index (χ0n) is 16.7. The minimum absolute atomic E-state index is 0.195. The number of benzene rings is 1. The Kier molecular flexibility index (Phi) is 6.53. The minimum atomic E-state index is 0.195. The summed E-state index contributed by atoms with van der Waals surface area (Å²) in [6, 6.07) is 8.11. The maximum atomic E-state index is 12.7. The van der Waals surface area contributed by atoms with Gasteiger partial charge in [-0.05, 0) is 49.1 Å². The maximum absolute atomic E-state index is 12.7. The molecule has 2 aliphatic rings. The van der Waals surface area contributed by atoms with E-state index in [9.17, 15) is 9.59 Å². The molecule has 1 spiro atoms. The third-order valence-electron chi connectivity index (χ3n) is 6.30. The van der Waals surface area contributed by atoms with E-state index in [-0.39, 0.29) is 17.2 Å². The second-order valence-corrected chi connectivity index (χ2v) is 8.15. The van der Waals surface area contributed by atoms with Crippen LogP contribution in [0, 0.1) is 12.3 Å². The molecular formula is C22H32N2O3. The van der Waals surface area contributed by atoms with E-state index in [0.29, 0.717) is 19.4 Å². The smallest absolute Gasteiger partial charge is 0.226 e. The summed E-state index contributed by atoms with van der Waals surface area (Å²) in [5.74, 6) is 0.498. The van der Waals surface area contributed by atoms with Gasteiger partial charge in [0.1, 0.15) is 0 Å². The van der Waals surface area contributed by atoms with Gasteiger partial charge in [0.05, 0.1) is 6.42 Å². The first-order valence-corrected chi connectivity index (χ1v) is 10.1. The number of hydrogen-bond donors (Lipinski definition) is 0. The summed E-state index contributed by atoms with van der Waals surface area (Å²) in [6.07, 6.45) is 4.98. The predicted molar refractivity (Wildman–Crippen MR) is 105 cm³/mol. The summed E-state index contributed by atoms with van der Waals surface area (Å²) in [6.45, 7) is 6.00. The number of nitrogens with zero attached hydrogens (tertiary/aromatic N) is 2. The summed E-state index contributed by atoms with van der Waals surface area (Å²) in [4.78, 5) is 29.0. The van der Waals surface area contributed by atoms with Gasteiger partial charge >= 0.3 is 0 Å². The van der Waals surface area contributed by atoms with E-state index in [2.05, 4.69) is 13.0 Å². The normalized spacial score (nSPS) is 19.6. The molecule has 27 heavy (non-hydrogen) atoms. The molecule has 0 bridgehead atoms. The number of ether oxygens (including phenoxy) is 1. The summed E-state index contributed by atoms with van der Waals surface area (Å²) < 4.78 is 5.12. The van der Waals surface area contributed by atoms with Crippen molar-refractivity contribution in [3.8, 4) is 0 Å². The summed E-state index contributed by atoms with van der Waals surface area (Å²) in [5.41, 5.74) is 2.49. The molecule has 0 unspecified atom stereocenters. The highest BCUT2D eigenvalue weighted by atomic mass is 16.5. The Balaban J connectivity index is 1.53. The van der Waals surface area contributed by atoms with Crippen LogP contribution >= 0.6 is 0 Å². The lowest BCUT2D eigenvalue weighted by atomic mass is 9.72. The fourth-order valence-corrected chi connectivity index (χ4v) is 4.43.